The van der Waals surface area contributed by atoms with Crippen molar-refractivity contribution in [2.75, 3.05) is 47.6 Å². The Balaban J connectivity index is 1.39. The molecule has 1 aliphatic rings. The summed E-state index contributed by atoms with van der Waals surface area (Å²) < 4.78 is 48.7. The number of carbonyl (C=O) groups excluding carboxylic acids is 1. The number of hydrogen-bond acceptors (Lipinski definition) is 9. The van der Waals surface area contributed by atoms with E-state index in [4.69, 9.17) is 18.7 Å². The summed E-state index contributed by atoms with van der Waals surface area (Å²) in [5.41, 5.74) is 1.40. The maximum atomic E-state index is 13.1. The van der Waals surface area contributed by atoms with Crippen LogP contribution in [0, 0.1) is 0 Å². The Morgan fingerprint density at radius 2 is 1.81 bits per heavy atom. The number of ether oxygens (including phenoxy) is 3. The van der Waals surface area contributed by atoms with Gasteiger partial charge in [-0.3, -0.25) is 4.79 Å². The normalized spacial score (nSPS) is 14.4. The van der Waals surface area contributed by atoms with Gasteiger partial charge in [-0.1, -0.05) is 5.16 Å². The van der Waals surface area contributed by atoms with Crippen LogP contribution in [-0.4, -0.2) is 81.2 Å². The summed E-state index contributed by atoms with van der Waals surface area (Å²) in [6, 6.07) is 12.0. The van der Waals surface area contributed by atoms with E-state index in [0.717, 1.165) is 11.3 Å². The Bertz CT molecular complexity index is 1320. The van der Waals surface area contributed by atoms with Crippen LogP contribution in [-0.2, 0) is 32.5 Å². The fourth-order valence-corrected chi connectivity index (χ4v) is 5.41. The monoisotopic (exact) mass is 530 g/mol. The number of methoxy groups -OCH3 is 2. The number of aryl methyl sites for hydroxylation is 1. The van der Waals surface area contributed by atoms with E-state index < -0.39 is 10.0 Å². The highest BCUT2D eigenvalue weighted by atomic mass is 32.2. The van der Waals surface area contributed by atoms with E-state index in [2.05, 4.69) is 10.1 Å². The molecule has 0 bridgehead atoms. The molecule has 1 aliphatic heterocycles. The van der Waals surface area contributed by atoms with E-state index in [1.54, 1.807) is 38.4 Å². The van der Waals surface area contributed by atoms with Crippen LogP contribution in [0.2, 0.25) is 0 Å². The standard InChI is InChI=1S/C25H30N4O7S/c1-28(17-23-26-25(27-36-23)18-4-7-20(33-2)8-5-18)24(30)11-6-19-16-21(9-10-22(19)34-3)37(31,32)29-12-14-35-15-13-29/h4-5,7-10,16H,6,11-15,17H2,1-3H3. The summed E-state index contributed by atoms with van der Waals surface area (Å²) in [5.74, 6) is 1.81. The van der Waals surface area contributed by atoms with Gasteiger partial charge in [-0.25, -0.2) is 8.42 Å². The van der Waals surface area contributed by atoms with Crippen molar-refractivity contribution in [2.45, 2.75) is 24.3 Å². The Labute approximate surface area is 216 Å². The molecule has 2 aromatic carbocycles. The topological polar surface area (TPSA) is 124 Å². The first-order valence-corrected chi connectivity index (χ1v) is 13.2. The highest BCUT2D eigenvalue weighted by molar-refractivity contribution is 7.89. The van der Waals surface area contributed by atoms with E-state index in [-0.39, 0.29) is 23.8 Å². The van der Waals surface area contributed by atoms with E-state index >= 15 is 0 Å². The van der Waals surface area contributed by atoms with Crippen molar-refractivity contribution in [3.63, 3.8) is 0 Å². The third-order valence-corrected chi connectivity index (χ3v) is 7.98. The Morgan fingerprint density at radius 1 is 1.08 bits per heavy atom. The van der Waals surface area contributed by atoms with Crippen LogP contribution in [0.1, 0.15) is 17.9 Å². The molecule has 1 saturated heterocycles. The first kappa shape index (κ1) is 26.6. The number of sulfonamides is 1. The molecule has 37 heavy (non-hydrogen) atoms. The molecule has 1 amide bonds. The molecule has 0 spiro atoms. The predicted octanol–water partition coefficient (Wildman–Crippen LogP) is 2.37. The van der Waals surface area contributed by atoms with Crippen molar-refractivity contribution >= 4 is 15.9 Å². The summed E-state index contributed by atoms with van der Waals surface area (Å²) in [6.07, 6.45) is 0.452. The summed E-state index contributed by atoms with van der Waals surface area (Å²) in [6.45, 7) is 1.49. The zero-order chi connectivity index (χ0) is 26.4. The molecular weight excluding hydrogens is 500 g/mol. The second-order valence-electron chi connectivity index (χ2n) is 8.48. The molecule has 0 atom stereocenters. The van der Waals surface area contributed by atoms with Crippen LogP contribution in [0.15, 0.2) is 51.9 Å². The molecule has 0 N–H and O–H groups in total. The van der Waals surface area contributed by atoms with Crippen LogP contribution in [0.4, 0.5) is 0 Å². The molecule has 12 heteroatoms. The third-order valence-electron chi connectivity index (χ3n) is 6.08. The van der Waals surface area contributed by atoms with Crippen LogP contribution in [0.5, 0.6) is 11.5 Å². The quantitative estimate of drug-likeness (QED) is 0.388. The lowest BCUT2D eigenvalue weighted by Crippen LogP contribution is -2.40. The smallest absolute Gasteiger partial charge is 0.246 e. The van der Waals surface area contributed by atoms with Gasteiger partial charge in [-0.05, 0) is 54.4 Å². The minimum atomic E-state index is -3.66. The van der Waals surface area contributed by atoms with Gasteiger partial charge in [0.05, 0.1) is 38.9 Å². The molecule has 0 aliphatic carbocycles. The lowest BCUT2D eigenvalue weighted by Gasteiger charge is -2.26. The highest BCUT2D eigenvalue weighted by Gasteiger charge is 2.27. The van der Waals surface area contributed by atoms with Gasteiger partial charge in [0.2, 0.25) is 27.6 Å². The van der Waals surface area contributed by atoms with Crippen LogP contribution >= 0.6 is 0 Å². The van der Waals surface area contributed by atoms with Gasteiger partial charge < -0.3 is 23.6 Å². The summed E-state index contributed by atoms with van der Waals surface area (Å²) in [4.78, 5) is 18.9. The van der Waals surface area contributed by atoms with E-state index in [1.165, 1.54) is 22.4 Å². The number of benzene rings is 2. The molecule has 0 saturated carbocycles. The number of rotatable bonds is 10. The lowest BCUT2D eigenvalue weighted by atomic mass is 10.1. The Morgan fingerprint density at radius 3 is 2.49 bits per heavy atom. The van der Waals surface area contributed by atoms with Crippen molar-refractivity contribution in [1.82, 2.24) is 19.3 Å². The van der Waals surface area contributed by atoms with Gasteiger partial charge in [0.1, 0.15) is 11.5 Å². The summed E-state index contributed by atoms with van der Waals surface area (Å²) in [7, 11) is 1.09. The molecular formula is C25H30N4O7S. The number of amides is 1. The van der Waals surface area contributed by atoms with E-state index in [1.807, 2.05) is 12.1 Å². The zero-order valence-electron chi connectivity index (χ0n) is 21.0. The van der Waals surface area contributed by atoms with Gasteiger partial charge in [0, 0.05) is 32.1 Å². The van der Waals surface area contributed by atoms with Crippen molar-refractivity contribution in [3.8, 4) is 22.9 Å². The number of hydrogen-bond donors (Lipinski definition) is 0. The molecule has 4 rings (SSSR count). The average Bonchev–Trinajstić information content (AvgIpc) is 3.40. The Hall–Kier alpha value is -3.48. The van der Waals surface area contributed by atoms with Crippen molar-refractivity contribution in [3.05, 3.63) is 53.9 Å². The van der Waals surface area contributed by atoms with Gasteiger partial charge in [-0.15, -0.1) is 0 Å². The summed E-state index contributed by atoms with van der Waals surface area (Å²) >= 11 is 0. The highest BCUT2D eigenvalue weighted by Crippen LogP contribution is 2.26. The zero-order valence-corrected chi connectivity index (χ0v) is 21.9. The second-order valence-corrected chi connectivity index (χ2v) is 10.4. The molecule has 3 aromatic rings. The van der Waals surface area contributed by atoms with Gasteiger partial charge in [0.25, 0.3) is 0 Å². The molecule has 0 radical (unpaired) electrons. The predicted molar refractivity (Wildman–Crippen MR) is 134 cm³/mol. The minimum absolute atomic E-state index is 0.143. The van der Waals surface area contributed by atoms with E-state index in [9.17, 15) is 13.2 Å². The van der Waals surface area contributed by atoms with Gasteiger partial charge >= 0.3 is 0 Å². The van der Waals surface area contributed by atoms with Gasteiger partial charge in [0.15, 0.2) is 0 Å². The van der Waals surface area contributed by atoms with Crippen LogP contribution in [0.3, 0.4) is 0 Å². The third kappa shape index (κ3) is 6.27. The number of morpholine rings is 1. The largest absolute Gasteiger partial charge is 0.497 e. The van der Waals surface area contributed by atoms with Crippen molar-refractivity contribution in [1.29, 1.82) is 0 Å². The summed E-state index contributed by atoms with van der Waals surface area (Å²) in [5, 5.41) is 3.99. The Kier molecular flexibility index (Phi) is 8.41. The first-order valence-electron chi connectivity index (χ1n) is 11.8. The maximum absolute atomic E-state index is 13.1. The lowest BCUT2D eigenvalue weighted by molar-refractivity contribution is -0.130. The fraction of sp³-hybridized carbons (Fsp3) is 0.400. The molecule has 11 nitrogen and oxygen atoms in total. The first-order chi connectivity index (χ1) is 17.8. The van der Waals surface area contributed by atoms with Crippen LogP contribution in [0.25, 0.3) is 11.4 Å². The molecule has 198 valence electrons. The number of nitrogens with zero attached hydrogens (tertiary/aromatic N) is 4. The molecule has 1 aromatic heterocycles. The van der Waals surface area contributed by atoms with Crippen molar-refractivity contribution < 1.29 is 31.9 Å². The van der Waals surface area contributed by atoms with E-state index in [0.29, 0.717) is 55.8 Å². The van der Waals surface area contributed by atoms with Crippen molar-refractivity contribution in [2.24, 2.45) is 0 Å². The SMILES string of the molecule is COc1ccc(-c2noc(CN(C)C(=O)CCc3cc(S(=O)(=O)N4CCOCC4)ccc3OC)n2)cc1. The number of aromatic nitrogens is 2. The van der Waals surface area contributed by atoms with Crippen LogP contribution < -0.4 is 9.47 Å². The molecule has 2 heterocycles. The fourth-order valence-electron chi connectivity index (χ4n) is 3.95. The average molecular weight is 531 g/mol. The maximum Gasteiger partial charge on any atom is 0.246 e. The molecule has 1 fully saturated rings. The number of carbonyl (C=O) groups is 1. The molecule has 0 unspecified atom stereocenters. The minimum Gasteiger partial charge on any atom is -0.497 e. The van der Waals surface area contributed by atoms with Gasteiger partial charge in [-0.2, -0.15) is 9.29 Å². The second kappa shape index (κ2) is 11.7.